The molecule has 0 bridgehead atoms. The van der Waals surface area contributed by atoms with Crippen LogP contribution in [0.15, 0.2) is 23.2 Å². The zero-order valence-electron chi connectivity index (χ0n) is 16.5. The highest BCUT2D eigenvalue weighted by molar-refractivity contribution is 7.16. The Morgan fingerprint density at radius 3 is 2.79 bits per heavy atom. The van der Waals surface area contributed by atoms with E-state index in [-0.39, 0.29) is 12.7 Å². The third-order valence-electron chi connectivity index (χ3n) is 6.05. The molecule has 1 aliphatic heterocycles. The number of aryl methyl sites for hydroxylation is 1. The molecule has 152 valence electrons. The topological polar surface area (TPSA) is 59.9 Å². The van der Waals surface area contributed by atoms with Crippen LogP contribution in [0.2, 0.25) is 0 Å². The molecule has 2 heterocycles. The largest absolute Gasteiger partial charge is 0.454 e. The molecule has 2 aliphatic carbocycles. The molecule has 0 saturated heterocycles. The Bertz CT molecular complexity index is 944. The summed E-state index contributed by atoms with van der Waals surface area (Å²) in [6.45, 7) is 0.263. The summed E-state index contributed by atoms with van der Waals surface area (Å²) in [5.41, 5.74) is 2.99. The Morgan fingerprint density at radius 2 is 1.90 bits per heavy atom. The van der Waals surface area contributed by atoms with Crippen molar-refractivity contribution in [1.29, 1.82) is 0 Å². The van der Waals surface area contributed by atoms with Gasteiger partial charge in [0.25, 0.3) is 5.91 Å². The first kappa shape index (κ1) is 18.7. The van der Waals surface area contributed by atoms with Crippen molar-refractivity contribution in [3.8, 4) is 11.5 Å². The van der Waals surface area contributed by atoms with E-state index in [2.05, 4.69) is 5.32 Å². The van der Waals surface area contributed by atoms with Gasteiger partial charge in [-0.2, -0.15) is 0 Å². The second-order valence-electron chi connectivity index (χ2n) is 8.07. The maximum Gasteiger partial charge on any atom is 0.254 e. The summed E-state index contributed by atoms with van der Waals surface area (Å²) in [6.07, 6.45) is 12.1. The van der Waals surface area contributed by atoms with Crippen LogP contribution >= 0.6 is 11.3 Å². The fourth-order valence-corrected chi connectivity index (χ4v) is 5.74. The third-order valence-corrected chi connectivity index (χ3v) is 7.25. The molecule has 6 heteroatoms. The van der Waals surface area contributed by atoms with Gasteiger partial charge < -0.3 is 14.8 Å². The smallest absolute Gasteiger partial charge is 0.254 e. The van der Waals surface area contributed by atoms with Crippen molar-refractivity contribution < 1.29 is 14.3 Å². The lowest BCUT2D eigenvalue weighted by Gasteiger charge is -2.23. The highest BCUT2D eigenvalue weighted by atomic mass is 32.1. The number of thiophene rings is 1. The van der Waals surface area contributed by atoms with E-state index in [1.807, 2.05) is 24.4 Å². The Balaban J connectivity index is 1.42. The molecule has 0 spiro atoms. The number of nitrogens with zero attached hydrogens (tertiary/aromatic N) is 1. The minimum Gasteiger partial charge on any atom is -0.454 e. The van der Waals surface area contributed by atoms with Crippen LogP contribution in [0, 0.1) is 0 Å². The highest BCUT2D eigenvalue weighted by Crippen LogP contribution is 2.40. The Kier molecular flexibility index (Phi) is 5.27. The van der Waals surface area contributed by atoms with Gasteiger partial charge >= 0.3 is 0 Å². The fraction of sp³-hybridized carbons (Fsp3) is 0.478. The van der Waals surface area contributed by atoms with Crippen molar-refractivity contribution in [2.24, 2.45) is 4.99 Å². The average Bonchev–Trinajstić information content (AvgIpc) is 3.36. The normalized spacial score (nSPS) is 18.8. The van der Waals surface area contributed by atoms with E-state index in [4.69, 9.17) is 14.5 Å². The molecule has 1 fully saturated rings. The molecule has 3 aliphatic rings. The third kappa shape index (κ3) is 3.90. The van der Waals surface area contributed by atoms with E-state index >= 15 is 0 Å². The van der Waals surface area contributed by atoms with Gasteiger partial charge in [-0.15, -0.1) is 11.3 Å². The van der Waals surface area contributed by atoms with Crippen LogP contribution in [0.25, 0.3) is 0 Å². The van der Waals surface area contributed by atoms with Gasteiger partial charge in [-0.3, -0.25) is 4.79 Å². The summed E-state index contributed by atoms with van der Waals surface area (Å²) in [4.78, 5) is 19.3. The molecule has 0 atom stereocenters. The van der Waals surface area contributed by atoms with Crippen molar-refractivity contribution in [2.45, 2.75) is 63.8 Å². The maximum atomic E-state index is 13.2. The molecule has 1 N–H and O–H groups in total. The minimum absolute atomic E-state index is 0.0640. The van der Waals surface area contributed by atoms with Crippen LogP contribution in [-0.2, 0) is 12.8 Å². The van der Waals surface area contributed by atoms with Gasteiger partial charge in [0, 0.05) is 17.1 Å². The minimum atomic E-state index is 0.0640. The highest BCUT2D eigenvalue weighted by Gasteiger charge is 2.27. The van der Waals surface area contributed by atoms with Gasteiger partial charge in [0.05, 0.1) is 5.56 Å². The van der Waals surface area contributed by atoms with Crippen LogP contribution in [-0.4, -0.2) is 25.0 Å². The van der Waals surface area contributed by atoms with Crippen molar-refractivity contribution in [1.82, 2.24) is 5.32 Å². The van der Waals surface area contributed by atoms with Crippen molar-refractivity contribution in [3.05, 3.63) is 39.8 Å². The van der Waals surface area contributed by atoms with Gasteiger partial charge in [-0.25, -0.2) is 4.99 Å². The number of hydrogen-bond donors (Lipinski definition) is 1. The summed E-state index contributed by atoms with van der Waals surface area (Å²) in [5, 5.41) is 4.14. The van der Waals surface area contributed by atoms with Crippen molar-refractivity contribution in [3.63, 3.8) is 0 Å². The van der Waals surface area contributed by atoms with Gasteiger partial charge in [-0.05, 0) is 67.9 Å². The van der Waals surface area contributed by atoms with Crippen LogP contribution in [0.3, 0.4) is 0 Å². The van der Waals surface area contributed by atoms with Gasteiger partial charge in [0.1, 0.15) is 5.00 Å². The second-order valence-corrected chi connectivity index (χ2v) is 9.15. The van der Waals surface area contributed by atoms with Gasteiger partial charge in [0.2, 0.25) is 6.79 Å². The van der Waals surface area contributed by atoms with Gasteiger partial charge in [0.15, 0.2) is 11.5 Å². The summed E-state index contributed by atoms with van der Waals surface area (Å²) < 4.78 is 10.8. The maximum absolute atomic E-state index is 13.2. The van der Waals surface area contributed by atoms with Crippen molar-refractivity contribution >= 4 is 28.5 Å². The quantitative estimate of drug-likeness (QED) is 0.708. The molecule has 0 radical (unpaired) electrons. The molecule has 29 heavy (non-hydrogen) atoms. The monoisotopic (exact) mass is 410 g/mol. The fourth-order valence-electron chi connectivity index (χ4n) is 4.51. The summed E-state index contributed by atoms with van der Waals surface area (Å²) in [7, 11) is 0. The number of aliphatic imine (C=N–C) groups is 1. The molecule has 1 aromatic heterocycles. The van der Waals surface area contributed by atoms with E-state index < -0.39 is 0 Å². The number of amides is 1. The molecule has 1 aromatic carbocycles. The first-order chi connectivity index (χ1) is 14.3. The Labute approximate surface area is 175 Å². The van der Waals surface area contributed by atoms with E-state index in [9.17, 15) is 4.79 Å². The summed E-state index contributed by atoms with van der Waals surface area (Å²) >= 11 is 1.68. The predicted octanol–water partition coefficient (Wildman–Crippen LogP) is 5.17. The number of hydrogen-bond acceptors (Lipinski definition) is 5. The number of benzene rings is 1. The van der Waals surface area contributed by atoms with E-state index in [1.165, 1.54) is 36.1 Å². The predicted molar refractivity (Wildman–Crippen MR) is 115 cm³/mol. The molecule has 2 aromatic rings. The number of ether oxygens (including phenoxy) is 2. The summed E-state index contributed by atoms with van der Waals surface area (Å²) in [6, 6.07) is 6.11. The van der Waals surface area contributed by atoms with E-state index in [0.29, 0.717) is 6.04 Å². The second kappa shape index (κ2) is 8.19. The number of carbonyl (C=O) groups excluding carboxylic acids is 1. The summed E-state index contributed by atoms with van der Waals surface area (Å²) in [5.74, 6) is 1.57. The van der Waals surface area contributed by atoms with Crippen LogP contribution in [0.5, 0.6) is 11.5 Å². The zero-order chi connectivity index (χ0) is 19.6. The molecule has 1 saturated carbocycles. The lowest BCUT2D eigenvalue weighted by Crippen LogP contribution is -2.36. The number of carbonyl (C=O) groups is 1. The molecule has 5 rings (SSSR count). The lowest BCUT2D eigenvalue weighted by molar-refractivity contribution is 0.0927. The van der Waals surface area contributed by atoms with Crippen LogP contribution in [0.4, 0.5) is 5.00 Å². The SMILES string of the molecule is O=C(NC1CCCCC1)c1c(N=Cc2ccc3c(c2)OCO3)sc2c1CCCC2. The van der Waals surface area contributed by atoms with E-state index in [0.717, 1.165) is 59.7 Å². The number of fused-ring (bicyclic) bond motifs is 2. The molecule has 0 unspecified atom stereocenters. The van der Waals surface area contributed by atoms with Crippen LogP contribution in [0.1, 0.15) is 71.3 Å². The number of rotatable bonds is 4. The standard InChI is InChI=1S/C23H26N2O3S/c26-22(25-16-6-2-1-3-7-16)21-17-8-4-5-9-20(17)29-23(21)24-13-15-10-11-18-19(12-15)28-14-27-18/h10-13,16H,1-9,14H2,(H,25,26). The number of nitrogens with one attached hydrogen (secondary N) is 1. The molecular formula is C23H26N2O3S. The zero-order valence-corrected chi connectivity index (χ0v) is 17.4. The van der Waals surface area contributed by atoms with Gasteiger partial charge in [-0.1, -0.05) is 19.3 Å². The Morgan fingerprint density at radius 1 is 1.07 bits per heavy atom. The van der Waals surface area contributed by atoms with Crippen molar-refractivity contribution in [2.75, 3.05) is 6.79 Å². The van der Waals surface area contributed by atoms with Crippen LogP contribution < -0.4 is 14.8 Å². The average molecular weight is 411 g/mol. The molecule has 1 amide bonds. The first-order valence-electron chi connectivity index (χ1n) is 10.7. The molecular weight excluding hydrogens is 384 g/mol. The Hall–Kier alpha value is -2.34. The van der Waals surface area contributed by atoms with E-state index in [1.54, 1.807) is 11.3 Å². The lowest BCUT2D eigenvalue weighted by atomic mass is 9.93. The molecule has 5 nitrogen and oxygen atoms in total. The first-order valence-corrected chi connectivity index (χ1v) is 11.5.